The molecule has 2 heterocycles. The molecule has 1 aliphatic heterocycles. The molecular formula is C13H16N2O4. The van der Waals surface area contributed by atoms with Gasteiger partial charge in [0.1, 0.15) is 6.04 Å². The van der Waals surface area contributed by atoms with Crippen molar-refractivity contribution in [3.05, 3.63) is 30.1 Å². The lowest BCUT2D eigenvalue weighted by molar-refractivity contribution is -0.148. The minimum Gasteiger partial charge on any atom is -0.480 e. The topological polar surface area (TPSA) is 90.7 Å². The Bertz CT molecular complexity index is 463. The minimum atomic E-state index is -1.06. The second-order valence-corrected chi connectivity index (χ2v) is 4.65. The molecule has 102 valence electrons. The number of aromatic nitrogens is 1. The Kier molecular flexibility index (Phi) is 4.11. The smallest absolute Gasteiger partial charge is 0.326 e. The first-order chi connectivity index (χ1) is 9.08. The Morgan fingerprint density at radius 1 is 1.37 bits per heavy atom. The maximum atomic E-state index is 12.0. The molecule has 6 heteroatoms. The van der Waals surface area contributed by atoms with Gasteiger partial charge >= 0.3 is 5.97 Å². The standard InChI is InChI=1S/C13H16N2O4/c16-10-7-11(13(18)19)15(8-10)12(17)2-1-9-3-5-14-6-4-9/h3-6,10-11,16H,1-2,7-8H2,(H,18,19)/t10-,11-/m1/s1. The molecule has 0 aromatic carbocycles. The summed E-state index contributed by atoms with van der Waals surface area (Å²) in [6, 6.07) is 2.74. The Hall–Kier alpha value is -1.95. The maximum absolute atomic E-state index is 12.0. The van der Waals surface area contributed by atoms with Gasteiger partial charge in [-0.05, 0) is 24.1 Å². The van der Waals surface area contributed by atoms with Crippen LogP contribution >= 0.6 is 0 Å². The zero-order valence-corrected chi connectivity index (χ0v) is 10.4. The molecule has 0 aliphatic carbocycles. The van der Waals surface area contributed by atoms with Crippen molar-refractivity contribution < 1.29 is 19.8 Å². The Morgan fingerprint density at radius 3 is 2.68 bits per heavy atom. The van der Waals surface area contributed by atoms with E-state index in [1.807, 2.05) is 12.1 Å². The van der Waals surface area contributed by atoms with Crippen molar-refractivity contribution in [2.24, 2.45) is 0 Å². The van der Waals surface area contributed by atoms with Crippen LogP contribution in [-0.2, 0) is 16.0 Å². The molecule has 2 atom stereocenters. The number of carbonyl (C=O) groups is 2. The van der Waals surface area contributed by atoms with Crippen molar-refractivity contribution in [1.82, 2.24) is 9.88 Å². The highest BCUT2D eigenvalue weighted by molar-refractivity contribution is 5.84. The zero-order valence-electron chi connectivity index (χ0n) is 10.4. The number of carboxylic acid groups (broad SMARTS) is 1. The normalized spacial score (nSPS) is 22.5. The van der Waals surface area contributed by atoms with Crippen LogP contribution in [0.3, 0.4) is 0 Å². The monoisotopic (exact) mass is 264 g/mol. The largest absolute Gasteiger partial charge is 0.480 e. The van der Waals surface area contributed by atoms with E-state index in [1.165, 1.54) is 4.90 Å². The predicted octanol–water partition coefficient (Wildman–Crippen LogP) is 0.0606. The van der Waals surface area contributed by atoms with E-state index in [0.717, 1.165) is 5.56 Å². The third-order valence-corrected chi connectivity index (χ3v) is 3.26. The van der Waals surface area contributed by atoms with Crippen molar-refractivity contribution in [3.63, 3.8) is 0 Å². The Morgan fingerprint density at radius 2 is 2.05 bits per heavy atom. The first-order valence-electron chi connectivity index (χ1n) is 6.17. The van der Waals surface area contributed by atoms with Crippen LogP contribution in [0.5, 0.6) is 0 Å². The number of hydrogen-bond acceptors (Lipinski definition) is 4. The van der Waals surface area contributed by atoms with Gasteiger partial charge in [-0.3, -0.25) is 9.78 Å². The van der Waals surface area contributed by atoms with Gasteiger partial charge in [0.15, 0.2) is 0 Å². The summed E-state index contributed by atoms with van der Waals surface area (Å²) < 4.78 is 0. The van der Waals surface area contributed by atoms with Crippen molar-refractivity contribution in [1.29, 1.82) is 0 Å². The number of aryl methyl sites for hydroxylation is 1. The summed E-state index contributed by atoms with van der Waals surface area (Å²) in [6.45, 7) is 0.103. The van der Waals surface area contributed by atoms with Gasteiger partial charge < -0.3 is 15.1 Å². The summed E-state index contributed by atoms with van der Waals surface area (Å²) in [4.78, 5) is 28.2. The number of β-amino-alcohol motifs (C(OH)–C–C–N with tert-alkyl or cyclic N) is 1. The molecule has 1 fully saturated rings. The molecule has 6 nitrogen and oxygen atoms in total. The summed E-state index contributed by atoms with van der Waals surface area (Å²) >= 11 is 0. The first-order valence-corrected chi connectivity index (χ1v) is 6.17. The fourth-order valence-electron chi connectivity index (χ4n) is 2.27. The van der Waals surface area contributed by atoms with E-state index < -0.39 is 18.1 Å². The number of carbonyl (C=O) groups excluding carboxylic acids is 1. The van der Waals surface area contributed by atoms with Gasteiger partial charge in [-0.15, -0.1) is 0 Å². The number of aliphatic hydroxyl groups is 1. The van der Waals surface area contributed by atoms with Gasteiger partial charge in [0.2, 0.25) is 5.91 Å². The summed E-state index contributed by atoms with van der Waals surface area (Å²) in [6.07, 6.45) is 3.45. The summed E-state index contributed by atoms with van der Waals surface area (Å²) in [5.74, 6) is -1.30. The van der Waals surface area contributed by atoms with Gasteiger partial charge in [-0.1, -0.05) is 0 Å². The van der Waals surface area contributed by atoms with E-state index in [1.54, 1.807) is 12.4 Å². The van der Waals surface area contributed by atoms with Gasteiger partial charge in [-0.2, -0.15) is 0 Å². The fraction of sp³-hybridized carbons (Fsp3) is 0.462. The molecule has 19 heavy (non-hydrogen) atoms. The molecule has 1 aliphatic rings. The second-order valence-electron chi connectivity index (χ2n) is 4.65. The highest BCUT2D eigenvalue weighted by atomic mass is 16.4. The highest BCUT2D eigenvalue weighted by Crippen LogP contribution is 2.19. The number of likely N-dealkylation sites (tertiary alicyclic amines) is 1. The molecule has 0 bridgehead atoms. The highest BCUT2D eigenvalue weighted by Gasteiger charge is 2.38. The number of nitrogens with zero attached hydrogens (tertiary/aromatic N) is 2. The van der Waals surface area contributed by atoms with E-state index in [0.29, 0.717) is 6.42 Å². The van der Waals surface area contributed by atoms with Crippen LogP contribution in [0.25, 0.3) is 0 Å². The number of aliphatic carboxylic acids is 1. The van der Waals surface area contributed by atoms with Gasteiger partial charge in [-0.25, -0.2) is 4.79 Å². The maximum Gasteiger partial charge on any atom is 0.326 e. The Labute approximate surface area is 110 Å². The van der Waals surface area contributed by atoms with Gasteiger partial charge in [0, 0.05) is 31.8 Å². The predicted molar refractivity (Wildman–Crippen MR) is 66.3 cm³/mol. The molecule has 0 radical (unpaired) electrons. The average molecular weight is 264 g/mol. The third-order valence-electron chi connectivity index (χ3n) is 3.26. The van der Waals surface area contributed by atoms with Crippen LogP contribution in [0.2, 0.25) is 0 Å². The minimum absolute atomic E-state index is 0.103. The number of amides is 1. The summed E-state index contributed by atoms with van der Waals surface area (Å²) in [5, 5.41) is 18.5. The third kappa shape index (κ3) is 3.29. The molecule has 1 amide bonds. The van der Waals surface area contributed by atoms with Crippen LogP contribution in [0, 0.1) is 0 Å². The van der Waals surface area contributed by atoms with Crippen molar-refractivity contribution >= 4 is 11.9 Å². The number of hydrogen-bond donors (Lipinski definition) is 2. The zero-order chi connectivity index (χ0) is 13.8. The first kappa shape index (κ1) is 13.5. The number of carboxylic acids is 1. The number of aliphatic hydroxyl groups excluding tert-OH is 1. The Balaban J connectivity index is 1.94. The summed E-state index contributed by atoms with van der Waals surface area (Å²) in [7, 11) is 0. The van der Waals surface area contributed by atoms with E-state index in [4.69, 9.17) is 5.11 Å². The number of pyridine rings is 1. The van der Waals surface area contributed by atoms with Gasteiger partial charge in [0.05, 0.1) is 6.10 Å². The second kappa shape index (κ2) is 5.79. The molecule has 1 aromatic heterocycles. The van der Waals surface area contributed by atoms with E-state index in [9.17, 15) is 14.7 Å². The van der Waals surface area contributed by atoms with Crippen LogP contribution < -0.4 is 0 Å². The lowest BCUT2D eigenvalue weighted by Crippen LogP contribution is -2.40. The SMILES string of the molecule is O=C(O)[C@H]1C[C@@H](O)CN1C(=O)CCc1ccncc1. The number of rotatable bonds is 4. The van der Waals surface area contributed by atoms with E-state index >= 15 is 0 Å². The molecule has 0 saturated carbocycles. The molecule has 1 saturated heterocycles. The lowest BCUT2D eigenvalue weighted by atomic mass is 10.1. The molecule has 2 N–H and O–H groups in total. The van der Waals surface area contributed by atoms with Gasteiger partial charge in [0.25, 0.3) is 0 Å². The molecule has 0 unspecified atom stereocenters. The fourth-order valence-corrected chi connectivity index (χ4v) is 2.27. The van der Waals surface area contributed by atoms with Crippen molar-refractivity contribution in [2.45, 2.75) is 31.4 Å². The van der Waals surface area contributed by atoms with E-state index in [2.05, 4.69) is 4.98 Å². The van der Waals surface area contributed by atoms with Crippen LogP contribution in [0.15, 0.2) is 24.5 Å². The molecule has 1 aromatic rings. The van der Waals surface area contributed by atoms with Crippen LogP contribution in [0.4, 0.5) is 0 Å². The summed E-state index contributed by atoms with van der Waals surface area (Å²) in [5.41, 5.74) is 0.981. The quantitative estimate of drug-likeness (QED) is 0.802. The van der Waals surface area contributed by atoms with E-state index in [-0.39, 0.29) is 25.3 Å². The van der Waals surface area contributed by atoms with Crippen LogP contribution in [0.1, 0.15) is 18.4 Å². The molecule has 2 rings (SSSR count). The lowest BCUT2D eigenvalue weighted by Gasteiger charge is -2.21. The average Bonchev–Trinajstić information content (AvgIpc) is 2.79. The van der Waals surface area contributed by atoms with Crippen molar-refractivity contribution in [3.8, 4) is 0 Å². The van der Waals surface area contributed by atoms with Crippen molar-refractivity contribution in [2.75, 3.05) is 6.54 Å². The molecular weight excluding hydrogens is 248 g/mol. The molecule has 0 spiro atoms. The van der Waals surface area contributed by atoms with Crippen LogP contribution in [-0.4, -0.2) is 50.7 Å².